The molecule has 4 N–H and O–H groups in total. The summed E-state index contributed by atoms with van der Waals surface area (Å²) < 4.78 is 5.31. The van der Waals surface area contributed by atoms with Gasteiger partial charge in [-0.2, -0.15) is 0 Å². The number of methoxy groups -OCH3 is 1. The van der Waals surface area contributed by atoms with Gasteiger partial charge >= 0.3 is 5.97 Å². The van der Waals surface area contributed by atoms with Crippen molar-refractivity contribution in [3.63, 3.8) is 0 Å². The second kappa shape index (κ2) is 10.2. The average molecular weight is 433 g/mol. The minimum Gasteiger partial charge on any atom is -0.496 e. The molecule has 0 saturated heterocycles. The van der Waals surface area contributed by atoms with Crippen molar-refractivity contribution in [2.75, 3.05) is 30.8 Å². The number of fused-ring (bicyclic) bond motifs is 1. The van der Waals surface area contributed by atoms with E-state index in [-0.39, 0.29) is 18.5 Å². The summed E-state index contributed by atoms with van der Waals surface area (Å²) in [7, 11) is 1.56. The van der Waals surface area contributed by atoms with Crippen molar-refractivity contribution in [2.45, 2.75) is 24.9 Å². The fourth-order valence-corrected chi connectivity index (χ4v) is 4.12. The number of aromatic nitrogens is 1. The van der Waals surface area contributed by atoms with Crippen LogP contribution in [-0.4, -0.2) is 42.3 Å². The molecule has 7 nitrogen and oxygen atoms in total. The fraction of sp³-hybridized carbons (Fsp3) is 0.280. The Morgan fingerprint density at radius 2 is 2.06 bits per heavy atom. The monoisotopic (exact) mass is 432 g/mol. The number of nitrogens with zero attached hydrogens (tertiary/aromatic N) is 1. The van der Waals surface area contributed by atoms with Gasteiger partial charge in [-0.1, -0.05) is 42.5 Å². The Bertz CT molecular complexity index is 1060. The Labute approximate surface area is 187 Å². The maximum Gasteiger partial charge on any atom is 0.307 e. The number of hydrogen-bond acceptors (Lipinski definition) is 6. The second-order valence-electron chi connectivity index (χ2n) is 7.84. The van der Waals surface area contributed by atoms with Crippen LogP contribution in [0.4, 0.5) is 11.5 Å². The third-order valence-electron chi connectivity index (χ3n) is 5.67. The van der Waals surface area contributed by atoms with Gasteiger partial charge in [0.2, 0.25) is 0 Å². The second-order valence-corrected chi connectivity index (χ2v) is 7.84. The van der Waals surface area contributed by atoms with E-state index in [4.69, 9.17) is 4.74 Å². The van der Waals surface area contributed by atoms with Gasteiger partial charge in [-0.25, -0.2) is 4.98 Å². The van der Waals surface area contributed by atoms with E-state index < -0.39 is 5.97 Å². The van der Waals surface area contributed by atoms with Crippen LogP contribution in [0.2, 0.25) is 0 Å². The standard InChI is InChI=1S/C25H28N4O3/c1-32-22-10-9-17(14-19(22)15-23(30)31)11-13-26-24(18-6-3-2-4-7-18)21-16-28-20-8-5-12-27-25(20)29-21/h2-10,12,14,21,24,26,28H,11,13,15-16H2,1H3,(H,27,29)(H,30,31)/t21-,24-/m1/s1. The highest BCUT2D eigenvalue weighted by molar-refractivity contribution is 5.71. The summed E-state index contributed by atoms with van der Waals surface area (Å²) in [5, 5.41) is 19.9. The molecule has 166 valence electrons. The summed E-state index contributed by atoms with van der Waals surface area (Å²) in [5.74, 6) is 0.599. The largest absolute Gasteiger partial charge is 0.496 e. The van der Waals surface area contributed by atoms with Crippen molar-refractivity contribution in [2.24, 2.45) is 0 Å². The Kier molecular flexibility index (Phi) is 6.87. The van der Waals surface area contributed by atoms with E-state index in [1.54, 1.807) is 13.3 Å². The van der Waals surface area contributed by atoms with E-state index in [1.807, 2.05) is 48.5 Å². The van der Waals surface area contributed by atoms with Gasteiger partial charge in [0.05, 0.1) is 31.3 Å². The molecule has 0 radical (unpaired) electrons. The topological polar surface area (TPSA) is 95.5 Å². The highest BCUT2D eigenvalue weighted by atomic mass is 16.5. The van der Waals surface area contributed by atoms with Gasteiger partial charge in [-0.15, -0.1) is 0 Å². The van der Waals surface area contributed by atoms with Gasteiger partial charge < -0.3 is 25.8 Å². The zero-order valence-electron chi connectivity index (χ0n) is 18.0. The van der Waals surface area contributed by atoms with Gasteiger partial charge in [0.1, 0.15) is 11.6 Å². The molecule has 1 aromatic heterocycles. The van der Waals surface area contributed by atoms with Crippen LogP contribution in [0.25, 0.3) is 0 Å². The van der Waals surface area contributed by atoms with Crippen molar-refractivity contribution in [1.82, 2.24) is 10.3 Å². The zero-order valence-corrected chi connectivity index (χ0v) is 18.0. The maximum absolute atomic E-state index is 11.2. The highest BCUT2D eigenvalue weighted by Crippen LogP contribution is 2.28. The summed E-state index contributed by atoms with van der Waals surface area (Å²) in [5.41, 5.74) is 3.98. The van der Waals surface area contributed by atoms with Crippen LogP contribution in [0.3, 0.4) is 0 Å². The molecule has 0 unspecified atom stereocenters. The van der Waals surface area contributed by atoms with Crippen LogP contribution in [0.1, 0.15) is 22.7 Å². The summed E-state index contributed by atoms with van der Waals surface area (Å²) in [6.45, 7) is 1.52. The molecule has 1 aliphatic heterocycles. The zero-order chi connectivity index (χ0) is 22.3. The number of benzene rings is 2. The number of nitrogens with one attached hydrogen (secondary N) is 3. The molecule has 0 fully saturated rings. The van der Waals surface area contributed by atoms with Crippen molar-refractivity contribution in [1.29, 1.82) is 0 Å². The lowest BCUT2D eigenvalue weighted by molar-refractivity contribution is -0.136. The van der Waals surface area contributed by atoms with Gasteiger partial charge in [0.25, 0.3) is 0 Å². The normalized spacial score (nSPS) is 15.7. The molecule has 0 bridgehead atoms. The smallest absolute Gasteiger partial charge is 0.307 e. The highest BCUT2D eigenvalue weighted by Gasteiger charge is 2.27. The minimum atomic E-state index is -0.868. The average Bonchev–Trinajstić information content (AvgIpc) is 2.82. The molecule has 0 spiro atoms. The van der Waals surface area contributed by atoms with Gasteiger partial charge in [0.15, 0.2) is 0 Å². The molecule has 7 heteroatoms. The number of carboxylic acid groups (broad SMARTS) is 1. The predicted octanol–water partition coefficient (Wildman–Crippen LogP) is 3.50. The molecule has 32 heavy (non-hydrogen) atoms. The Balaban J connectivity index is 1.47. The Morgan fingerprint density at radius 3 is 2.84 bits per heavy atom. The fourth-order valence-electron chi connectivity index (χ4n) is 4.12. The number of rotatable bonds is 9. The van der Waals surface area contributed by atoms with Gasteiger partial charge in [0, 0.05) is 18.3 Å². The number of pyridine rings is 1. The molecule has 1 aliphatic rings. The first-order valence-electron chi connectivity index (χ1n) is 10.8. The van der Waals surface area contributed by atoms with Crippen molar-refractivity contribution >= 4 is 17.5 Å². The van der Waals surface area contributed by atoms with E-state index in [2.05, 4.69) is 33.1 Å². The summed E-state index contributed by atoms with van der Waals surface area (Å²) in [6, 6.07) is 20.3. The molecule has 2 aromatic carbocycles. The van der Waals surface area contributed by atoms with E-state index in [0.717, 1.165) is 36.6 Å². The Morgan fingerprint density at radius 1 is 1.22 bits per heavy atom. The van der Waals surface area contributed by atoms with Crippen LogP contribution in [-0.2, 0) is 17.6 Å². The summed E-state index contributed by atoms with van der Waals surface area (Å²) in [4.78, 5) is 15.6. The van der Waals surface area contributed by atoms with Crippen molar-refractivity contribution < 1.29 is 14.6 Å². The number of carboxylic acids is 1. The van der Waals surface area contributed by atoms with Crippen LogP contribution in [0, 0.1) is 0 Å². The summed E-state index contributed by atoms with van der Waals surface area (Å²) >= 11 is 0. The van der Waals surface area contributed by atoms with Crippen molar-refractivity contribution in [3.05, 3.63) is 83.6 Å². The van der Waals surface area contributed by atoms with Gasteiger partial charge in [-0.3, -0.25) is 4.79 Å². The molecule has 4 rings (SSSR count). The molecule has 0 amide bonds. The number of carbonyl (C=O) groups is 1. The summed E-state index contributed by atoms with van der Waals surface area (Å²) in [6.07, 6.45) is 2.51. The van der Waals surface area contributed by atoms with Crippen LogP contribution >= 0.6 is 0 Å². The molecule has 0 aliphatic carbocycles. The number of hydrogen-bond donors (Lipinski definition) is 4. The van der Waals surface area contributed by atoms with E-state index in [0.29, 0.717) is 11.3 Å². The first-order valence-corrected chi connectivity index (χ1v) is 10.8. The molecule has 2 heterocycles. The quantitative estimate of drug-likeness (QED) is 0.411. The molecule has 0 saturated carbocycles. The maximum atomic E-state index is 11.2. The first-order chi connectivity index (χ1) is 15.6. The third kappa shape index (κ3) is 5.18. The third-order valence-corrected chi connectivity index (χ3v) is 5.67. The van der Waals surface area contributed by atoms with Gasteiger partial charge in [-0.05, 0) is 42.3 Å². The van der Waals surface area contributed by atoms with Crippen LogP contribution < -0.4 is 20.7 Å². The van der Waals surface area contributed by atoms with E-state index in [1.165, 1.54) is 5.56 Å². The lowest BCUT2D eigenvalue weighted by atomic mass is 9.97. The number of ether oxygens (including phenoxy) is 1. The molecule has 2 atom stereocenters. The van der Waals surface area contributed by atoms with E-state index >= 15 is 0 Å². The molecular weight excluding hydrogens is 404 g/mol. The lowest BCUT2D eigenvalue weighted by Crippen LogP contribution is -2.44. The van der Waals surface area contributed by atoms with Crippen LogP contribution in [0.15, 0.2) is 66.9 Å². The van der Waals surface area contributed by atoms with E-state index in [9.17, 15) is 9.90 Å². The molecular formula is C25H28N4O3. The predicted molar refractivity (Wildman–Crippen MR) is 125 cm³/mol. The minimum absolute atomic E-state index is 0.0544. The lowest BCUT2D eigenvalue weighted by Gasteiger charge is -2.34. The Hall–Kier alpha value is -3.58. The number of anilines is 2. The SMILES string of the molecule is COc1ccc(CCN[C@H](c2ccccc2)[C@H]2CNc3cccnc3N2)cc1CC(=O)O. The number of aliphatic carboxylic acids is 1. The van der Waals surface area contributed by atoms with Crippen molar-refractivity contribution in [3.8, 4) is 5.75 Å². The molecule has 3 aromatic rings. The first kappa shape index (κ1) is 21.6. The van der Waals surface area contributed by atoms with Crippen LogP contribution in [0.5, 0.6) is 5.75 Å².